The summed E-state index contributed by atoms with van der Waals surface area (Å²) in [7, 11) is -0.446. The van der Waals surface area contributed by atoms with Gasteiger partial charge in [0.2, 0.25) is 0 Å². The van der Waals surface area contributed by atoms with Crippen LogP contribution in [0.15, 0.2) is 0 Å². The summed E-state index contributed by atoms with van der Waals surface area (Å²) in [5, 5.41) is 7.30. The van der Waals surface area contributed by atoms with Crippen LogP contribution in [0.1, 0.15) is 0 Å². The third kappa shape index (κ3) is 1.59. The average Bonchev–Trinajstić information content (AvgIpc) is 1.37. The van der Waals surface area contributed by atoms with Crippen molar-refractivity contribution in [3.63, 3.8) is 0 Å². The van der Waals surface area contributed by atoms with E-state index in [1.807, 2.05) is 0 Å². The first-order valence-corrected chi connectivity index (χ1v) is 1.44. The van der Waals surface area contributed by atoms with Crippen LogP contribution in [0.4, 0.5) is 0 Å². The molecule has 0 amide bonds. The molecule has 0 heterocycles. The monoisotopic (exact) mass is 73.0 g/mol. The largest absolute Gasteiger partial charge is 0.275 e. The zero-order valence-corrected chi connectivity index (χ0v) is 2.70. The van der Waals surface area contributed by atoms with Gasteiger partial charge in [-0.3, -0.25) is 4.57 Å². The Bertz CT molecular complexity index is 53.5. The Hall–Kier alpha value is -0.410. The Morgan fingerprint density at radius 1 is 2.00 bits per heavy atom. The number of hydrogen-bond donors (Lipinski definition) is 0. The average molecular weight is 73.0 g/mol. The van der Waals surface area contributed by atoms with Crippen LogP contribution in [0.25, 0.3) is 0 Å². The molecule has 0 bridgehead atoms. The van der Waals surface area contributed by atoms with E-state index in [9.17, 15) is 0 Å². The molecule has 0 aliphatic heterocycles. The lowest BCUT2D eigenvalue weighted by Crippen LogP contribution is -1.04. The maximum Gasteiger partial charge on any atom is 0.275 e. The van der Waals surface area contributed by atoms with Gasteiger partial charge in [-0.2, -0.15) is 5.26 Å². The van der Waals surface area contributed by atoms with Crippen LogP contribution in [-0.2, 0) is 4.57 Å². The molecule has 0 fully saturated rings. The molecule has 0 aromatic carbocycles. The molecule has 0 aliphatic carbocycles. The lowest BCUT2D eigenvalue weighted by molar-refractivity contribution is 0.603. The molecule has 3 heteroatoms. The molecular formula is CNOP. The van der Waals surface area contributed by atoms with Gasteiger partial charge in [0.15, 0.2) is 5.81 Å². The van der Waals surface area contributed by atoms with Crippen molar-refractivity contribution >= 4 is 8.46 Å². The fourth-order valence-corrected chi connectivity index (χ4v) is 0. The van der Waals surface area contributed by atoms with E-state index >= 15 is 0 Å². The molecule has 4 heavy (non-hydrogen) atoms. The molecule has 0 spiro atoms. The van der Waals surface area contributed by atoms with E-state index in [1.54, 1.807) is 0 Å². The summed E-state index contributed by atoms with van der Waals surface area (Å²) in [5.41, 5.74) is 0. The van der Waals surface area contributed by atoms with Crippen LogP contribution in [0, 0.1) is 11.1 Å². The minimum Gasteiger partial charge on any atom is -0.258 e. The molecule has 2 nitrogen and oxygen atoms in total. The summed E-state index contributed by atoms with van der Waals surface area (Å²) in [6.07, 6.45) is 0. The van der Waals surface area contributed by atoms with E-state index in [4.69, 9.17) is 9.83 Å². The smallest absolute Gasteiger partial charge is 0.258 e. The Balaban J connectivity index is 2.92. The van der Waals surface area contributed by atoms with Crippen LogP contribution in [-0.4, -0.2) is 0 Å². The molecule has 20 valence electrons. The first-order chi connectivity index (χ1) is 1.91. The molecule has 0 aromatic rings. The lowest BCUT2D eigenvalue weighted by Gasteiger charge is -1.21. The highest BCUT2D eigenvalue weighted by molar-refractivity contribution is 7.29. The van der Waals surface area contributed by atoms with Gasteiger partial charge in [-0.1, -0.05) is 0 Å². The second kappa shape index (κ2) is 2.59. The summed E-state index contributed by atoms with van der Waals surface area (Å²) >= 11 is 0. The Morgan fingerprint density at radius 3 is 2.25 bits per heavy atom. The Labute approximate surface area is 25.3 Å². The standard InChI is InChI=1S/CNOP/c2-1-4-3. The minimum absolute atomic E-state index is 0.446. The molecule has 0 N–H and O–H groups in total. The molecular weight excluding hydrogens is 73.0 g/mol. The van der Waals surface area contributed by atoms with Gasteiger partial charge in [0, 0.05) is 0 Å². The SMILES string of the molecule is N#CP=O. The van der Waals surface area contributed by atoms with Crippen molar-refractivity contribution in [3.05, 3.63) is 0 Å². The second-order valence-electron chi connectivity index (χ2n) is 0.191. The zero-order valence-electron chi connectivity index (χ0n) is 1.80. The van der Waals surface area contributed by atoms with Crippen LogP contribution < -0.4 is 0 Å². The van der Waals surface area contributed by atoms with Crippen molar-refractivity contribution in [2.24, 2.45) is 0 Å². The highest BCUT2D eigenvalue weighted by Gasteiger charge is 1.47. The fourth-order valence-electron chi connectivity index (χ4n) is 0. The Morgan fingerprint density at radius 2 is 2.25 bits per heavy atom. The first-order valence-electron chi connectivity index (χ1n) is 0.630. The Kier molecular flexibility index (Phi) is 2.32. The third-order valence-corrected chi connectivity index (χ3v) is 0.122. The second-order valence-corrected chi connectivity index (χ2v) is 0.574. The summed E-state index contributed by atoms with van der Waals surface area (Å²) in [5.74, 6) is 1.35. The molecule has 0 saturated carbocycles. The number of nitrogens with zero attached hydrogens (tertiary/aromatic N) is 1. The van der Waals surface area contributed by atoms with Crippen molar-refractivity contribution < 1.29 is 4.57 Å². The normalized spacial score (nSPS) is 5.75. The lowest BCUT2D eigenvalue weighted by atomic mass is 11.8. The molecule has 0 unspecified atom stereocenters. The van der Waals surface area contributed by atoms with Gasteiger partial charge in [0.1, 0.15) is 0 Å². The maximum atomic E-state index is 8.91. The zero-order chi connectivity index (χ0) is 3.41. The first kappa shape index (κ1) is 3.59. The van der Waals surface area contributed by atoms with Gasteiger partial charge in [-0.05, 0) is 0 Å². The van der Waals surface area contributed by atoms with Gasteiger partial charge < -0.3 is 0 Å². The molecule has 0 aromatic heterocycles. The molecule has 0 aliphatic rings. The molecule has 0 radical (unpaired) electrons. The van der Waals surface area contributed by atoms with Crippen molar-refractivity contribution in [1.82, 2.24) is 0 Å². The number of nitriles is 1. The van der Waals surface area contributed by atoms with E-state index < -0.39 is 8.46 Å². The van der Waals surface area contributed by atoms with E-state index in [0.717, 1.165) is 0 Å². The van der Waals surface area contributed by atoms with Crippen LogP contribution in [0.5, 0.6) is 0 Å². The quantitative estimate of drug-likeness (QED) is 0.397. The van der Waals surface area contributed by atoms with Crippen molar-refractivity contribution in [2.75, 3.05) is 0 Å². The van der Waals surface area contributed by atoms with Crippen LogP contribution in [0.2, 0.25) is 0 Å². The van der Waals surface area contributed by atoms with E-state index in [2.05, 4.69) is 0 Å². The maximum absolute atomic E-state index is 8.91. The van der Waals surface area contributed by atoms with E-state index in [0.29, 0.717) is 0 Å². The topological polar surface area (TPSA) is 40.9 Å². The van der Waals surface area contributed by atoms with Gasteiger partial charge in [-0.25, -0.2) is 0 Å². The van der Waals surface area contributed by atoms with Gasteiger partial charge in [0.05, 0.1) is 0 Å². The summed E-state index contributed by atoms with van der Waals surface area (Å²) < 4.78 is 8.91. The van der Waals surface area contributed by atoms with E-state index in [1.165, 1.54) is 5.81 Å². The molecule has 0 rings (SSSR count). The van der Waals surface area contributed by atoms with Crippen molar-refractivity contribution in [1.29, 1.82) is 5.26 Å². The molecule has 0 saturated heterocycles. The minimum atomic E-state index is -0.446. The van der Waals surface area contributed by atoms with E-state index in [-0.39, 0.29) is 0 Å². The molecule has 0 atom stereocenters. The van der Waals surface area contributed by atoms with Gasteiger partial charge >= 0.3 is 0 Å². The highest BCUT2D eigenvalue weighted by Crippen LogP contribution is 1.76. The summed E-state index contributed by atoms with van der Waals surface area (Å²) in [4.78, 5) is 0. The van der Waals surface area contributed by atoms with Gasteiger partial charge in [-0.15, -0.1) is 0 Å². The predicted molar refractivity (Wildman–Crippen MR) is 13.2 cm³/mol. The van der Waals surface area contributed by atoms with Crippen LogP contribution >= 0.6 is 8.46 Å². The van der Waals surface area contributed by atoms with Crippen molar-refractivity contribution in [2.45, 2.75) is 0 Å². The summed E-state index contributed by atoms with van der Waals surface area (Å²) in [6, 6.07) is 0. The third-order valence-electron chi connectivity index (χ3n) is 0.0408. The highest BCUT2D eigenvalue weighted by atomic mass is 31.1. The number of hydrogen-bond acceptors (Lipinski definition) is 2. The van der Waals surface area contributed by atoms with Gasteiger partial charge in [0.25, 0.3) is 8.46 Å². The fraction of sp³-hybridized carbons (Fsp3) is 0. The summed E-state index contributed by atoms with van der Waals surface area (Å²) in [6.45, 7) is 0. The van der Waals surface area contributed by atoms with Crippen LogP contribution in [0.3, 0.4) is 0 Å². The predicted octanol–water partition coefficient (Wildman–Crippen LogP) is 0.759. The van der Waals surface area contributed by atoms with Crippen molar-refractivity contribution in [3.8, 4) is 5.81 Å². The number of rotatable bonds is 0.